The molecule has 0 aromatic heterocycles. The van der Waals surface area contributed by atoms with Crippen molar-refractivity contribution in [2.45, 2.75) is 309 Å². The fourth-order valence-corrected chi connectivity index (χ4v) is 8.50. The number of ether oxygens (including phenoxy) is 2. The van der Waals surface area contributed by atoms with Crippen molar-refractivity contribution in [2.24, 2.45) is 0 Å². The fourth-order valence-electron chi connectivity index (χ4n) is 8.50. The highest BCUT2D eigenvalue weighted by atomic mass is 16.6. The van der Waals surface area contributed by atoms with Gasteiger partial charge in [-0.25, -0.2) is 0 Å². The predicted molar refractivity (Wildman–Crippen MR) is 284 cm³/mol. The van der Waals surface area contributed by atoms with Crippen molar-refractivity contribution in [1.29, 1.82) is 0 Å². The molecular formula is C60H110O5. The molecule has 0 aromatic rings. The minimum absolute atomic E-state index is 0.0666. The lowest BCUT2D eigenvalue weighted by atomic mass is 10.0. The van der Waals surface area contributed by atoms with Crippen molar-refractivity contribution in [1.82, 2.24) is 0 Å². The number of aliphatic hydroxyl groups excluding tert-OH is 1. The SMILES string of the molecule is CCCCC/C=C\CCCCCCCC(=O)OCC(CO)OC(=O)CCCCCCCCCCCCCCCCCCCCCCCCCC/C=C\C/C=C\C/C=C\CCCCCCC. The number of rotatable bonds is 53. The summed E-state index contributed by atoms with van der Waals surface area (Å²) in [5.74, 6) is -0.590. The summed E-state index contributed by atoms with van der Waals surface area (Å²) in [7, 11) is 0. The summed E-state index contributed by atoms with van der Waals surface area (Å²) in [4.78, 5) is 24.4. The van der Waals surface area contributed by atoms with Crippen molar-refractivity contribution >= 4 is 11.9 Å². The quantitative estimate of drug-likeness (QED) is 0.0374. The molecule has 0 radical (unpaired) electrons. The second kappa shape index (κ2) is 56.2. The highest BCUT2D eigenvalue weighted by Gasteiger charge is 2.16. The molecule has 0 bridgehead atoms. The molecule has 5 heteroatoms. The van der Waals surface area contributed by atoms with Gasteiger partial charge in [0.25, 0.3) is 0 Å². The number of unbranched alkanes of at least 4 members (excludes halogenated alkanes) is 37. The van der Waals surface area contributed by atoms with Gasteiger partial charge in [-0.3, -0.25) is 9.59 Å². The number of hydrogen-bond donors (Lipinski definition) is 1. The van der Waals surface area contributed by atoms with Gasteiger partial charge < -0.3 is 14.6 Å². The third kappa shape index (κ3) is 54.4. The predicted octanol–water partition coefficient (Wildman–Crippen LogP) is 19.3. The number of allylic oxidation sites excluding steroid dienone is 8. The summed E-state index contributed by atoms with van der Waals surface area (Å²) in [6.07, 6.45) is 74.0. The highest BCUT2D eigenvalue weighted by Crippen LogP contribution is 2.17. The Kier molecular flexibility index (Phi) is 54.3. The maximum Gasteiger partial charge on any atom is 0.306 e. The summed E-state index contributed by atoms with van der Waals surface area (Å²) in [6.45, 7) is 4.12. The molecule has 65 heavy (non-hydrogen) atoms. The molecule has 380 valence electrons. The second-order valence-corrected chi connectivity index (χ2v) is 19.4. The van der Waals surface area contributed by atoms with Gasteiger partial charge in [0.15, 0.2) is 6.10 Å². The summed E-state index contributed by atoms with van der Waals surface area (Å²) >= 11 is 0. The van der Waals surface area contributed by atoms with Gasteiger partial charge in [0.1, 0.15) is 6.61 Å². The Morgan fingerprint density at radius 3 is 0.969 bits per heavy atom. The average Bonchev–Trinajstić information content (AvgIpc) is 3.31. The lowest BCUT2D eigenvalue weighted by Crippen LogP contribution is -2.28. The molecule has 0 amide bonds. The van der Waals surface area contributed by atoms with Crippen LogP contribution in [0.1, 0.15) is 303 Å². The van der Waals surface area contributed by atoms with E-state index in [0.717, 1.165) is 57.8 Å². The van der Waals surface area contributed by atoms with Gasteiger partial charge in [-0.2, -0.15) is 0 Å². The Morgan fingerprint density at radius 2 is 0.615 bits per heavy atom. The van der Waals surface area contributed by atoms with Crippen LogP contribution in [0.5, 0.6) is 0 Å². The van der Waals surface area contributed by atoms with Crippen LogP contribution in [0.25, 0.3) is 0 Å². The molecule has 0 saturated carbocycles. The highest BCUT2D eigenvalue weighted by molar-refractivity contribution is 5.70. The molecule has 0 aromatic carbocycles. The van der Waals surface area contributed by atoms with Gasteiger partial charge in [0.2, 0.25) is 0 Å². The van der Waals surface area contributed by atoms with Gasteiger partial charge >= 0.3 is 11.9 Å². The third-order valence-corrected chi connectivity index (χ3v) is 12.8. The van der Waals surface area contributed by atoms with Gasteiger partial charge in [-0.05, 0) is 77.0 Å². The summed E-state index contributed by atoms with van der Waals surface area (Å²) in [5.41, 5.74) is 0. The Balaban J connectivity index is 3.38. The van der Waals surface area contributed by atoms with E-state index in [1.54, 1.807) is 0 Å². The molecule has 1 atom stereocenters. The minimum Gasteiger partial charge on any atom is -0.462 e. The van der Waals surface area contributed by atoms with E-state index in [9.17, 15) is 14.7 Å². The second-order valence-electron chi connectivity index (χ2n) is 19.4. The zero-order valence-electron chi connectivity index (χ0n) is 43.5. The smallest absolute Gasteiger partial charge is 0.306 e. The van der Waals surface area contributed by atoms with Crippen LogP contribution < -0.4 is 0 Å². The Hall–Kier alpha value is -2.14. The van der Waals surface area contributed by atoms with E-state index in [4.69, 9.17) is 9.47 Å². The summed E-state index contributed by atoms with van der Waals surface area (Å²) in [6, 6.07) is 0. The maximum atomic E-state index is 12.3. The zero-order valence-corrected chi connectivity index (χ0v) is 43.5. The van der Waals surface area contributed by atoms with Crippen LogP contribution in [0.2, 0.25) is 0 Å². The molecule has 0 heterocycles. The molecule has 0 saturated heterocycles. The number of carbonyl (C=O) groups is 2. The molecule has 0 rings (SSSR count). The van der Waals surface area contributed by atoms with Crippen molar-refractivity contribution in [3.63, 3.8) is 0 Å². The maximum absolute atomic E-state index is 12.3. The zero-order chi connectivity index (χ0) is 47.0. The summed E-state index contributed by atoms with van der Waals surface area (Å²) in [5, 5.41) is 9.61. The van der Waals surface area contributed by atoms with Crippen molar-refractivity contribution in [3.8, 4) is 0 Å². The van der Waals surface area contributed by atoms with Crippen LogP contribution in [0.15, 0.2) is 48.6 Å². The van der Waals surface area contributed by atoms with E-state index in [0.29, 0.717) is 12.8 Å². The van der Waals surface area contributed by atoms with E-state index < -0.39 is 6.10 Å². The normalized spacial score (nSPS) is 12.5. The van der Waals surface area contributed by atoms with Crippen LogP contribution in [-0.2, 0) is 19.1 Å². The summed E-state index contributed by atoms with van der Waals surface area (Å²) < 4.78 is 10.7. The Bertz CT molecular complexity index is 1080. The molecule has 0 fully saturated rings. The molecule has 0 aliphatic heterocycles. The van der Waals surface area contributed by atoms with Crippen LogP contribution >= 0.6 is 0 Å². The topological polar surface area (TPSA) is 72.8 Å². The molecule has 0 aliphatic carbocycles. The third-order valence-electron chi connectivity index (χ3n) is 12.8. The number of hydrogen-bond acceptors (Lipinski definition) is 5. The van der Waals surface area contributed by atoms with Crippen molar-refractivity contribution < 1.29 is 24.2 Å². The Morgan fingerprint density at radius 1 is 0.354 bits per heavy atom. The first kappa shape index (κ1) is 62.9. The average molecular weight is 912 g/mol. The van der Waals surface area contributed by atoms with E-state index in [1.165, 1.54) is 218 Å². The lowest BCUT2D eigenvalue weighted by Gasteiger charge is -2.15. The van der Waals surface area contributed by atoms with E-state index >= 15 is 0 Å². The monoisotopic (exact) mass is 911 g/mol. The first-order valence-electron chi connectivity index (χ1n) is 28.7. The largest absolute Gasteiger partial charge is 0.462 e. The molecule has 1 unspecified atom stereocenters. The first-order chi connectivity index (χ1) is 32.1. The molecule has 5 nitrogen and oxygen atoms in total. The number of esters is 2. The van der Waals surface area contributed by atoms with Crippen LogP contribution in [0.4, 0.5) is 0 Å². The van der Waals surface area contributed by atoms with Gasteiger partial charge in [-0.15, -0.1) is 0 Å². The minimum atomic E-state index is -0.772. The van der Waals surface area contributed by atoms with E-state index in [-0.39, 0.29) is 25.2 Å². The standard InChI is InChI=1S/C60H110O5/c1-3-5-7-9-11-13-15-17-18-19-20-21-22-23-24-25-26-27-28-29-30-31-32-33-34-35-36-37-38-39-40-41-42-43-45-47-49-51-53-55-60(63)65-58(56-61)57-64-59(62)54-52-50-48-46-44-16-14-12-10-8-6-4-2/h12,14-15,17,19-20,22-23,58,61H,3-11,13,16,18,21,24-57H2,1-2H3/b14-12-,17-15-,20-19-,23-22-. The van der Waals surface area contributed by atoms with E-state index in [1.807, 2.05) is 0 Å². The molecular weight excluding hydrogens is 801 g/mol. The Labute approximate surface area is 405 Å². The van der Waals surface area contributed by atoms with Crippen molar-refractivity contribution in [2.75, 3.05) is 13.2 Å². The fraction of sp³-hybridized carbons (Fsp3) is 0.833. The molecule has 1 N–H and O–H groups in total. The van der Waals surface area contributed by atoms with Gasteiger partial charge in [0, 0.05) is 12.8 Å². The lowest BCUT2D eigenvalue weighted by molar-refractivity contribution is -0.161. The van der Waals surface area contributed by atoms with Crippen molar-refractivity contribution in [3.05, 3.63) is 48.6 Å². The van der Waals surface area contributed by atoms with E-state index in [2.05, 4.69) is 62.5 Å². The van der Waals surface area contributed by atoms with Gasteiger partial charge in [-0.1, -0.05) is 262 Å². The number of aliphatic hydroxyl groups is 1. The van der Waals surface area contributed by atoms with Crippen LogP contribution in [-0.4, -0.2) is 36.4 Å². The molecule has 0 spiro atoms. The molecule has 0 aliphatic rings. The van der Waals surface area contributed by atoms with Crippen LogP contribution in [0, 0.1) is 0 Å². The van der Waals surface area contributed by atoms with Crippen LogP contribution in [0.3, 0.4) is 0 Å². The number of carbonyl (C=O) groups excluding carboxylic acids is 2. The van der Waals surface area contributed by atoms with Gasteiger partial charge in [0.05, 0.1) is 6.61 Å². The first-order valence-corrected chi connectivity index (χ1v) is 28.7.